The maximum atomic E-state index is 11.9. The highest BCUT2D eigenvalue weighted by Gasteiger charge is 2.10. The van der Waals surface area contributed by atoms with Gasteiger partial charge < -0.3 is 10.1 Å². The van der Waals surface area contributed by atoms with Crippen molar-refractivity contribution in [3.05, 3.63) is 24.3 Å². The summed E-state index contributed by atoms with van der Waals surface area (Å²) in [4.78, 5) is 11.9. The van der Waals surface area contributed by atoms with Gasteiger partial charge in [-0.25, -0.2) is 0 Å². The van der Waals surface area contributed by atoms with Gasteiger partial charge in [0.2, 0.25) is 5.91 Å². The Balaban J connectivity index is 2.05. The lowest BCUT2D eigenvalue weighted by Gasteiger charge is -2.11. The number of unbranched alkanes of at least 4 members (excludes halogenated alkanes) is 9. The van der Waals surface area contributed by atoms with Crippen LogP contribution in [0.5, 0.6) is 5.75 Å². The summed E-state index contributed by atoms with van der Waals surface area (Å²) >= 11 is 0. The minimum atomic E-state index is 0.0438. The molecule has 0 radical (unpaired) electrons. The second-order valence-electron chi connectivity index (χ2n) is 7.35. The Morgan fingerprint density at radius 2 is 1.42 bits per heavy atom. The highest BCUT2D eigenvalue weighted by molar-refractivity contribution is 5.92. The molecule has 0 saturated carbocycles. The molecule has 3 nitrogen and oxygen atoms in total. The molecule has 0 bridgehead atoms. The molecule has 0 aliphatic rings. The number of rotatable bonds is 15. The Hall–Kier alpha value is -1.51. The Bertz CT molecular complexity index is 470. The molecular formula is C23H39NO2. The van der Waals surface area contributed by atoms with Gasteiger partial charge in [0.25, 0.3) is 0 Å². The zero-order valence-corrected chi connectivity index (χ0v) is 17.2. The van der Waals surface area contributed by atoms with E-state index < -0.39 is 0 Å². The molecule has 1 N–H and O–H groups in total. The predicted molar refractivity (Wildman–Crippen MR) is 112 cm³/mol. The van der Waals surface area contributed by atoms with Gasteiger partial charge in [-0.1, -0.05) is 78.6 Å². The lowest BCUT2D eigenvalue weighted by molar-refractivity contribution is -0.119. The zero-order valence-electron chi connectivity index (χ0n) is 17.2. The average Bonchev–Trinajstić information content (AvgIpc) is 2.66. The van der Waals surface area contributed by atoms with Crippen LogP contribution in [0.1, 0.15) is 91.4 Å². The summed E-state index contributed by atoms with van der Waals surface area (Å²) in [6, 6.07) is 7.69. The van der Waals surface area contributed by atoms with Crippen molar-refractivity contribution in [2.75, 3.05) is 11.9 Å². The van der Waals surface area contributed by atoms with Crippen molar-refractivity contribution in [2.24, 2.45) is 5.92 Å². The van der Waals surface area contributed by atoms with E-state index in [0.717, 1.165) is 30.9 Å². The first-order valence-corrected chi connectivity index (χ1v) is 10.7. The van der Waals surface area contributed by atoms with Crippen LogP contribution in [-0.2, 0) is 4.79 Å². The van der Waals surface area contributed by atoms with Crippen LogP contribution in [0.25, 0.3) is 0 Å². The highest BCUT2D eigenvalue weighted by atomic mass is 16.5. The summed E-state index contributed by atoms with van der Waals surface area (Å²) in [6.07, 6.45) is 14.2. The number of nitrogens with one attached hydrogen (secondary N) is 1. The third-order valence-electron chi connectivity index (χ3n) is 4.95. The zero-order chi connectivity index (χ0) is 19.0. The first kappa shape index (κ1) is 22.5. The summed E-state index contributed by atoms with van der Waals surface area (Å²) in [5, 5.41) is 2.94. The van der Waals surface area contributed by atoms with Crippen LogP contribution >= 0.6 is 0 Å². The van der Waals surface area contributed by atoms with Crippen molar-refractivity contribution < 1.29 is 9.53 Å². The van der Waals surface area contributed by atoms with E-state index in [1.165, 1.54) is 57.8 Å². The Morgan fingerprint density at radius 1 is 0.885 bits per heavy atom. The first-order valence-electron chi connectivity index (χ1n) is 10.7. The standard InChI is InChI=1S/C23H39NO2/c1-4-6-7-8-9-10-11-12-13-14-19-26-22-17-15-21(16-18-22)24-23(25)20(3)5-2/h15-18,20H,4-14,19H2,1-3H3,(H,24,25). The lowest BCUT2D eigenvalue weighted by Crippen LogP contribution is -2.19. The molecule has 0 aliphatic heterocycles. The Labute approximate surface area is 160 Å². The molecule has 0 aliphatic carbocycles. The maximum Gasteiger partial charge on any atom is 0.227 e. The largest absolute Gasteiger partial charge is 0.494 e. The SMILES string of the molecule is CCCCCCCCCCCCOc1ccc(NC(=O)C(C)CC)cc1. The number of anilines is 1. The number of benzene rings is 1. The predicted octanol–water partition coefficient (Wildman–Crippen LogP) is 6.97. The third-order valence-corrected chi connectivity index (χ3v) is 4.95. The number of ether oxygens (including phenoxy) is 1. The fraction of sp³-hybridized carbons (Fsp3) is 0.696. The molecule has 1 atom stereocenters. The van der Waals surface area contributed by atoms with Crippen molar-refractivity contribution in [1.82, 2.24) is 0 Å². The van der Waals surface area contributed by atoms with Crippen LogP contribution in [0.4, 0.5) is 5.69 Å². The molecule has 1 aromatic carbocycles. The molecule has 1 rings (SSSR count). The number of carbonyl (C=O) groups is 1. The molecular weight excluding hydrogens is 322 g/mol. The van der Waals surface area contributed by atoms with E-state index in [0.29, 0.717) is 0 Å². The van der Waals surface area contributed by atoms with Gasteiger partial charge in [0.15, 0.2) is 0 Å². The minimum Gasteiger partial charge on any atom is -0.494 e. The van der Waals surface area contributed by atoms with Gasteiger partial charge in [-0.2, -0.15) is 0 Å². The van der Waals surface area contributed by atoms with E-state index in [4.69, 9.17) is 4.74 Å². The molecule has 0 heterocycles. The van der Waals surface area contributed by atoms with Gasteiger partial charge in [-0.3, -0.25) is 4.79 Å². The number of carbonyl (C=O) groups excluding carboxylic acids is 1. The quantitative estimate of drug-likeness (QED) is 0.342. The Kier molecular flexibility index (Phi) is 12.7. The number of hydrogen-bond donors (Lipinski definition) is 1. The highest BCUT2D eigenvalue weighted by Crippen LogP contribution is 2.17. The van der Waals surface area contributed by atoms with Crippen molar-refractivity contribution >= 4 is 11.6 Å². The fourth-order valence-electron chi connectivity index (χ4n) is 2.86. The van der Waals surface area contributed by atoms with Crippen molar-refractivity contribution in [1.29, 1.82) is 0 Å². The lowest BCUT2D eigenvalue weighted by atomic mass is 10.1. The average molecular weight is 362 g/mol. The monoisotopic (exact) mass is 361 g/mol. The summed E-state index contributed by atoms with van der Waals surface area (Å²) in [5.74, 6) is 0.997. The second-order valence-corrected chi connectivity index (χ2v) is 7.35. The molecule has 0 fully saturated rings. The normalized spacial score (nSPS) is 12.0. The number of amides is 1. The van der Waals surface area contributed by atoms with E-state index >= 15 is 0 Å². The van der Waals surface area contributed by atoms with E-state index in [1.807, 2.05) is 38.1 Å². The summed E-state index contributed by atoms with van der Waals surface area (Å²) in [7, 11) is 0. The van der Waals surface area contributed by atoms with Crippen molar-refractivity contribution in [3.8, 4) is 5.75 Å². The molecule has 1 aromatic rings. The second kappa shape index (κ2) is 14.6. The van der Waals surface area contributed by atoms with Crippen LogP contribution in [0.15, 0.2) is 24.3 Å². The van der Waals surface area contributed by atoms with Gasteiger partial charge >= 0.3 is 0 Å². The van der Waals surface area contributed by atoms with Gasteiger partial charge in [0, 0.05) is 11.6 Å². The molecule has 1 amide bonds. The molecule has 0 aromatic heterocycles. The molecule has 0 spiro atoms. The van der Waals surface area contributed by atoms with Crippen LogP contribution in [0.2, 0.25) is 0 Å². The van der Waals surface area contributed by atoms with E-state index in [2.05, 4.69) is 12.2 Å². The van der Waals surface area contributed by atoms with Crippen LogP contribution in [0, 0.1) is 5.92 Å². The van der Waals surface area contributed by atoms with Crippen LogP contribution in [0.3, 0.4) is 0 Å². The van der Waals surface area contributed by atoms with Crippen LogP contribution in [-0.4, -0.2) is 12.5 Å². The molecule has 26 heavy (non-hydrogen) atoms. The van der Waals surface area contributed by atoms with Crippen LogP contribution < -0.4 is 10.1 Å². The topological polar surface area (TPSA) is 38.3 Å². The van der Waals surface area contributed by atoms with E-state index in [9.17, 15) is 4.79 Å². The summed E-state index contributed by atoms with van der Waals surface area (Å²) < 4.78 is 5.79. The minimum absolute atomic E-state index is 0.0438. The Morgan fingerprint density at radius 3 is 1.96 bits per heavy atom. The van der Waals surface area contributed by atoms with Gasteiger partial charge in [-0.05, 0) is 37.1 Å². The number of hydrogen-bond acceptors (Lipinski definition) is 2. The van der Waals surface area contributed by atoms with E-state index in [-0.39, 0.29) is 11.8 Å². The summed E-state index contributed by atoms with van der Waals surface area (Å²) in [5.41, 5.74) is 0.835. The smallest absolute Gasteiger partial charge is 0.227 e. The van der Waals surface area contributed by atoms with Crippen molar-refractivity contribution in [3.63, 3.8) is 0 Å². The third kappa shape index (κ3) is 10.5. The van der Waals surface area contributed by atoms with Gasteiger partial charge in [0.1, 0.15) is 5.75 Å². The van der Waals surface area contributed by atoms with Gasteiger partial charge in [0.05, 0.1) is 6.61 Å². The first-order chi connectivity index (χ1) is 12.7. The maximum absolute atomic E-state index is 11.9. The molecule has 1 unspecified atom stereocenters. The van der Waals surface area contributed by atoms with Gasteiger partial charge in [-0.15, -0.1) is 0 Å². The van der Waals surface area contributed by atoms with E-state index in [1.54, 1.807) is 0 Å². The fourth-order valence-corrected chi connectivity index (χ4v) is 2.86. The molecule has 148 valence electrons. The summed E-state index contributed by atoms with van der Waals surface area (Å²) in [6.45, 7) is 7.01. The van der Waals surface area contributed by atoms with Crippen molar-refractivity contribution in [2.45, 2.75) is 91.4 Å². The molecule has 3 heteroatoms. The molecule has 0 saturated heterocycles.